The predicted molar refractivity (Wildman–Crippen MR) is 58.6 cm³/mol. The van der Waals surface area contributed by atoms with Crippen molar-refractivity contribution in [2.45, 2.75) is 6.92 Å². The van der Waals surface area contributed by atoms with Gasteiger partial charge in [0.2, 0.25) is 0 Å². The Morgan fingerprint density at radius 2 is 2.20 bits per heavy atom. The van der Waals surface area contributed by atoms with Gasteiger partial charge in [0.15, 0.2) is 18.1 Å². The lowest BCUT2D eigenvalue weighted by Crippen LogP contribution is -2.10. The van der Waals surface area contributed by atoms with E-state index in [9.17, 15) is 4.79 Å². The van der Waals surface area contributed by atoms with Crippen molar-refractivity contribution in [1.82, 2.24) is 0 Å². The zero-order valence-corrected chi connectivity index (χ0v) is 10.00. The second-order valence-electron chi connectivity index (χ2n) is 2.96. The predicted octanol–water partition coefficient (Wildman–Crippen LogP) is 2.23. The van der Waals surface area contributed by atoms with Crippen LogP contribution >= 0.6 is 15.9 Å². The molecule has 1 aromatic rings. The van der Waals surface area contributed by atoms with Crippen LogP contribution in [0.15, 0.2) is 16.6 Å². The number of rotatable bonds is 4. The average molecular weight is 275 g/mol. The first kappa shape index (κ1) is 11.8. The first-order chi connectivity index (χ1) is 7.04. The number of hydrogen-bond donors (Lipinski definition) is 1. The number of methoxy groups -OCH3 is 1. The van der Waals surface area contributed by atoms with Gasteiger partial charge in [0, 0.05) is 0 Å². The fraction of sp³-hybridized carbons (Fsp3) is 0.300. The van der Waals surface area contributed by atoms with Crippen molar-refractivity contribution in [1.29, 1.82) is 0 Å². The van der Waals surface area contributed by atoms with Crippen LogP contribution in [0.1, 0.15) is 5.56 Å². The van der Waals surface area contributed by atoms with Crippen LogP contribution in [0.3, 0.4) is 0 Å². The molecule has 0 aliphatic carbocycles. The summed E-state index contributed by atoms with van der Waals surface area (Å²) in [4.78, 5) is 10.4. The third-order valence-corrected chi connectivity index (χ3v) is 2.30. The van der Waals surface area contributed by atoms with Crippen molar-refractivity contribution in [2.24, 2.45) is 0 Å². The van der Waals surface area contributed by atoms with Gasteiger partial charge in [-0.3, -0.25) is 0 Å². The second-order valence-corrected chi connectivity index (χ2v) is 3.81. The lowest BCUT2D eigenvalue weighted by Gasteiger charge is -2.11. The number of ether oxygens (including phenoxy) is 2. The van der Waals surface area contributed by atoms with Crippen molar-refractivity contribution in [2.75, 3.05) is 13.7 Å². The van der Waals surface area contributed by atoms with Gasteiger partial charge < -0.3 is 14.6 Å². The molecule has 82 valence electrons. The first-order valence-electron chi connectivity index (χ1n) is 4.23. The molecular formula is C10H11BrO4. The third-order valence-electron chi connectivity index (χ3n) is 1.71. The Bertz CT molecular complexity index is 376. The summed E-state index contributed by atoms with van der Waals surface area (Å²) in [5, 5.41) is 8.50. The quantitative estimate of drug-likeness (QED) is 0.915. The molecule has 1 aromatic carbocycles. The van der Waals surface area contributed by atoms with E-state index in [1.807, 2.05) is 13.0 Å². The summed E-state index contributed by atoms with van der Waals surface area (Å²) in [5.74, 6) is -0.0989. The molecule has 0 radical (unpaired) electrons. The van der Waals surface area contributed by atoms with Crippen LogP contribution in [0, 0.1) is 6.92 Å². The smallest absolute Gasteiger partial charge is 0.341 e. The summed E-state index contributed by atoms with van der Waals surface area (Å²) in [7, 11) is 1.51. The maximum absolute atomic E-state index is 10.4. The average Bonchev–Trinajstić information content (AvgIpc) is 2.14. The fourth-order valence-electron chi connectivity index (χ4n) is 1.12. The van der Waals surface area contributed by atoms with Crippen molar-refractivity contribution in [3.8, 4) is 11.5 Å². The zero-order valence-electron chi connectivity index (χ0n) is 8.41. The third kappa shape index (κ3) is 3.13. The maximum Gasteiger partial charge on any atom is 0.341 e. The molecule has 0 saturated heterocycles. The standard InChI is InChI=1S/C10H11BrO4/c1-6-3-7(11)10(8(4-6)14-2)15-5-9(12)13/h3-4H,5H2,1-2H3,(H,12,13). The summed E-state index contributed by atoms with van der Waals surface area (Å²) >= 11 is 3.29. The summed E-state index contributed by atoms with van der Waals surface area (Å²) < 4.78 is 10.9. The molecule has 0 aliphatic heterocycles. The lowest BCUT2D eigenvalue weighted by atomic mass is 10.2. The molecular weight excluding hydrogens is 264 g/mol. The van der Waals surface area contributed by atoms with Gasteiger partial charge in [0.25, 0.3) is 0 Å². The molecule has 0 fully saturated rings. The topological polar surface area (TPSA) is 55.8 Å². The Labute approximate surface area is 95.9 Å². The highest BCUT2D eigenvalue weighted by Gasteiger charge is 2.11. The summed E-state index contributed by atoms with van der Waals surface area (Å²) in [6.45, 7) is 1.52. The van der Waals surface area contributed by atoms with Gasteiger partial charge in [-0.25, -0.2) is 4.79 Å². The zero-order chi connectivity index (χ0) is 11.4. The highest BCUT2D eigenvalue weighted by atomic mass is 79.9. The maximum atomic E-state index is 10.4. The van der Waals surface area contributed by atoms with E-state index in [1.54, 1.807) is 6.07 Å². The van der Waals surface area contributed by atoms with Gasteiger partial charge >= 0.3 is 5.97 Å². The van der Waals surface area contributed by atoms with Crippen LogP contribution in [-0.2, 0) is 4.79 Å². The molecule has 1 rings (SSSR count). The summed E-state index contributed by atoms with van der Waals surface area (Å²) in [6.07, 6.45) is 0. The van der Waals surface area contributed by atoms with Crippen molar-refractivity contribution in [3.05, 3.63) is 22.2 Å². The van der Waals surface area contributed by atoms with Crippen LogP contribution in [0.25, 0.3) is 0 Å². The van der Waals surface area contributed by atoms with Crippen molar-refractivity contribution >= 4 is 21.9 Å². The molecule has 0 aliphatic rings. The fourth-order valence-corrected chi connectivity index (χ4v) is 1.79. The number of benzene rings is 1. The molecule has 4 nitrogen and oxygen atoms in total. The minimum atomic E-state index is -1.02. The molecule has 0 amide bonds. The molecule has 0 unspecified atom stereocenters. The van der Waals surface area contributed by atoms with E-state index >= 15 is 0 Å². The van der Waals surface area contributed by atoms with E-state index in [4.69, 9.17) is 14.6 Å². The highest BCUT2D eigenvalue weighted by molar-refractivity contribution is 9.10. The minimum absolute atomic E-state index is 0.391. The van der Waals surface area contributed by atoms with Crippen LogP contribution in [0.2, 0.25) is 0 Å². The Morgan fingerprint density at radius 3 is 2.73 bits per heavy atom. The number of hydrogen-bond acceptors (Lipinski definition) is 3. The number of carbonyl (C=O) groups is 1. The number of halogens is 1. The Hall–Kier alpha value is -1.23. The van der Waals surface area contributed by atoms with Crippen LogP contribution in [0.4, 0.5) is 0 Å². The molecule has 0 bridgehead atoms. The summed E-state index contributed by atoms with van der Waals surface area (Å²) in [6, 6.07) is 3.61. The van der Waals surface area contributed by atoms with E-state index in [2.05, 4.69) is 15.9 Å². The molecule has 0 saturated carbocycles. The largest absolute Gasteiger partial charge is 0.493 e. The monoisotopic (exact) mass is 274 g/mol. The molecule has 0 aromatic heterocycles. The Kier molecular flexibility index (Phi) is 3.96. The van der Waals surface area contributed by atoms with Gasteiger partial charge in [-0.05, 0) is 40.5 Å². The first-order valence-corrected chi connectivity index (χ1v) is 5.02. The van der Waals surface area contributed by atoms with E-state index in [0.29, 0.717) is 16.0 Å². The number of aryl methyl sites for hydroxylation is 1. The van der Waals surface area contributed by atoms with E-state index < -0.39 is 12.6 Å². The number of aliphatic carboxylic acids is 1. The SMILES string of the molecule is COc1cc(C)cc(Br)c1OCC(=O)O. The molecule has 0 spiro atoms. The molecule has 1 N–H and O–H groups in total. The summed E-state index contributed by atoms with van der Waals surface area (Å²) in [5.41, 5.74) is 1.00. The number of carboxylic acids is 1. The van der Waals surface area contributed by atoms with Crippen LogP contribution in [-0.4, -0.2) is 24.8 Å². The van der Waals surface area contributed by atoms with Crippen LogP contribution in [0.5, 0.6) is 11.5 Å². The number of carboxylic acid groups (broad SMARTS) is 1. The Balaban J connectivity index is 2.98. The Morgan fingerprint density at radius 1 is 1.53 bits per heavy atom. The minimum Gasteiger partial charge on any atom is -0.493 e. The van der Waals surface area contributed by atoms with Gasteiger partial charge in [-0.2, -0.15) is 0 Å². The van der Waals surface area contributed by atoms with E-state index in [-0.39, 0.29) is 0 Å². The second kappa shape index (κ2) is 5.02. The molecule has 5 heteroatoms. The van der Waals surface area contributed by atoms with Crippen molar-refractivity contribution in [3.63, 3.8) is 0 Å². The lowest BCUT2D eigenvalue weighted by molar-refractivity contribution is -0.139. The van der Waals surface area contributed by atoms with Gasteiger partial charge in [-0.1, -0.05) is 0 Å². The van der Waals surface area contributed by atoms with Crippen molar-refractivity contribution < 1.29 is 19.4 Å². The molecule has 0 heterocycles. The highest BCUT2D eigenvalue weighted by Crippen LogP contribution is 2.36. The van der Waals surface area contributed by atoms with Gasteiger partial charge in [0.1, 0.15) is 0 Å². The van der Waals surface area contributed by atoms with Crippen LogP contribution < -0.4 is 9.47 Å². The van der Waals surface area contributed by atoms with E-state index in [0.717, 1.165) is 5.56 Å². The normalized spacial score (nSPS) is 9.80. The van der Waals surface area contributed by atoms with Gasteiger partial charge in [-0.15, -0.1) is 0 Å². The molecule has 15 heavy (non-hydrogen) atoms. The molecule has 0 atom stereocenters. The van der Waals surface area contributed by atoms with E-state index in [1.165, 1.54) is 7.11 Å². The van der Waals surface area contributed by atoms with Gasteiger partial charge in [0.05, 0.1) is 11.6 Å².